The van der Waals surface area contributed by atoms with Gasteiger partial charge in [0, 0.05) is 31.7 Å². The molecule has 0 heterocycles. The van der Waals surface area contributed by atoms with E-state index >= 15 is 0 Å². The van der Waals surface area contributed by atoms with Gasteiger partial charge in [-0.05, 0) is 31.6 Å². The minimum absolute atomic E-state index is 0.00849. The zero-order chi connectivity index (χ0) is 15.9. The van der Waals surface area contributed by atoms with E-state index < -0.39 is 0 Å². The number of aliphatic hydroxyl groups excluding tert-OH is 1. The average Bonchev–Trinajstić information content (AvgIpc) is 2.93. The van der Waals surface area contributed by atoms with E-state index in [1.165, 1.54) is 5.56 Å². The molecule has 0 aromatic heterocycles. The van der Waals surface area contributed by atoms with E-state index in [4.69, 9.17) is 5.11 Å². The Hall–Kier alpha value is -1.85. The number of aliphatic hydroxyl groups is 1. The van der Waals surface area contributed by atoms with Gasteiger partial charge in [-0.3, -0.25) is 0 Å². The number of hydrogen-bond donors (Lipinski definition) is 3. The first-order chi connectivity index (χ1) is 10.6. The molecule has 0 spiro atoms. The molecule has 0 unspecified atom stereocenters. The molecule has 5 heteroatoms. The summed E-state index contributed by atoms with van der Waals surface area (Å²) in [6.07, 6.45) is 4.67. The molecule has 0 saturated heterocycles. The number of carbonyl (C=O) groups is 1. The highest BCUT2D eigenvalue weighted by Crippen LogP contribution is 2.16. The smallest absolute Gasteiger partial charge is 0.315 e. The molecule has 0 saturated carbocycles. The number of amides is 2. The molecule has 0 fully saturated rings. The van der Waals surface area contributed by atoms with E-state index in [1.54, 1.807) is 0 Å². The van der Waals surface area contributed by atoms with Crippen molar-refractivity contribution in [2.24, 2.45) is 5.92 Å². The van der Waals surface area contributed by atoms with Crippen LogP contribution in [-0.4, -0.2) is 42.8 Å². The van der Waals surface area contributed by atoms with E-state index in [9.17, 15) is 4.79 Å². The highest BCUT2D eigenvalue weighted by molar-refractivity contribution is 5.74. The molecule has 22 heavy (non-hydrogen) atoms. The first-order valence-electron chi connectivity index (χ1n) is 7.63. The summed E-state index contributed by atoms with van der Waals surface area (Å²) in [6.45, 7) is 1.49. The highest BCUT2D eigenvalue weighted by atomic mass is 16.3. The third-order valence-electron chi connectivity index (χ3n) is 3.77. The van der Waals surface area contributed by atoms with E-state index in [-0.39, 0.29) is 24.6 Å². The topological polar surface area (TPSA) is 64.6 Å². The Morgan fingerprint density at radius 1 is 1.27 bits per heavy atom. The average molecular weight is 303 g/mol. The van der Waals surface area contributed by atoms with Gasteiger partial charge < -0.3 is 20.6 Å². The van der Waals surface area contributed by atoms with Crippen LogP contribution in [0.1, 0.15) is 17.5 Å². The number of carbonyl (C=O) groups excluding carboxylic acids is 1. The molecule has 3 N–H and O–H groups in total. The van der Waals surface area contributed by atoms with Crippen molar-refractivity contribution >= 4 is 6.03 Å². The third kappa shape index (κ3) is 4.86. The van der Waals surface area contributed by atoms with Crippen LogP contribution in [0.2, 0.25) is 0 Å². The van der Waals surface area contributed by atoms with Gasteiger partial charge in [-0.15, -0.1) is 0 Å². The number of nitrogens with zero attached hydrogens (tertiary/aromatic N) is 1. The van der Waals surface area contributed by atoms with Crippen LogP contribution in [0, 0.1) is 5.92 Å². The molecule has 0 bridgehead atoms. The molecule has 1 aliphatic rings. The maximum absolute atomic E-state index is 12.0. The Morgan fingerprint density at radius 3 is 2.64 bits per heavy atom. The molecule has 2 amide bonds. The number of nitrogens with one attached hydrogen (secondary N) is 2. The van der Waals surface area contributed by atoms with Gasteiger partial charge >= 0.3 is 6.03 Å². The molecule has 1 aromatic carbocycles. The fourth-order valence-electron chi connectivity index (χ4n) is 2.64. The maximum Gasteiger partial charge on any atom is 0.315 e. The van der Waals surface area contributed by atoms with E-state index in [0.29, 0.717) is 6.54 Å². The minimum atomic E-state index is -0.173. The van der Waals surface area contributed by atoms with Crippen molar-refractivity contribution in [1.29, 1.82) is 0 Å². The lowest BCUT2D eigenvalue weighted by molar-refractivity contribution is 0.231. The van der Waals surface area contributed by atoms with Crippen LogP contribution in [0.25, 0.3) is 0 Å². The van der Waals surface area contributed by atoms with Crippen molar-refractivity contribution in [3.63, 3.8) is 0 Å². The first kappa shape index (κ1) is 16.5. The Labute approximate surface area is 132 Å². The Morgan fingerprint density at radius 2 is 2.00 bits per heavy atom. The largest absolute Gasteiger partial charge is 0.396 e. The first-order valence-corrected chi connectivity index (χ1v) is 7.63. The zero-order valence-corrected chi connectivity index (χ0v) is 13.2. The fourth-order valence-corrected chi connectivity index (χ4v) is 2.64. The lowest BCUT2D eigenvalue weighted by Gasteiger charge is -2.16. The summed E-state index contributed by atoms with van der Waals surface area (Å²) in [7, 11) is 4.06. The van der Waals surface area contributed by atoms with Crippen LogP contribution in [0.15, 0.2) is 36.4 Å². The maximum atomic E-state index is 12.0. The van der Waals surface area contributed by atoms with E-state index in [2.05, 4.69) is 21.6 Å². The molecule has 1 aliphatic carbocycles. The molecular formula is C17H25N3O2. The predicted octanol–water partition coefficient (Wildman–Crippen LogP) is 1.48. The van der Waals surface area contributed by atoms with Crippen molar-refractivity contribution in [2.45, 2.75) is 25.6 Å². The molecule has 2 rings (SSSR count). The van der Waals surface area contributed by atoms with Crippen molar-refractivity contribution in [3.05, 3.63) is 47.5 Å². The van der Waals surface area contributed by atoms with Gasteiger partial charge in [0.15, 0.2) is 0 Å². The molecule has 2 atom stereocenters. The SMILES string of the molecule is CN(C)Cc1ccccc1CNC(=O)N[C@@H]1C=C[C@H](CO)C1. The molecule has 120 valence electrons. The number of urea groups is 1. The van der Waals surface area contributed by atoms with Crippen molar-refractivity contribution in [3.8, 4) is 0 Å². The quantitative estimate of drug-likeness (QED) is 0.698. The summed E-state index contributed by atoms with van der Waals surface area (Å²) in [5.41, 5.74) is 2.34. The lowest BCUT2D eigenvalue weighted by Crippen LogP contribution is -2.40. The molecule has 0 aliphatic heterocycles. The van der Waals surface area contributed by atoms with Crippen LogP contribution in [-0.2, 0) is 13.1 Å². The minimum Gasteiger partial charge on any atom is -0.396 e. The van der Waals surface area contributed by atoms with Gasteiger partial charge in [-0.25, -0.2) is 4.79 Å². The van der Waals surface area contributed by atoms with Gasteiger partial charge in [0.05, 0.1) is 0 Å². The fraction of sp³-hybridized carbons (Fsp3) is 0.471. The number of hydrogen-bond acceptors (Lipinski definition) is 3. The van der Waals surface area contributed by atoms with E-state index in [1.807, 2.05) is 44.4 Å². The monoisotopic (exact) mass is 303 g/mol. The molecule has 5 nitrogen and oxygen atoms in total. The van der Waals surface area contributed by atoms with Gasteiger partial charge in [0.2, 0.25) is 0 Å². The summed E-state index contributed by atoms with van der Waals surface area (Å²) >= 11 is 0. The van der Waals surface area contributed by atoms with Crippen molar-refractivity contribution < 1.29 is 9.90 Å². The van der Waals surface area contributed by atoms with Crippen LogP contribution in [0.4, 0.5) is 4.79 Å². The van der Waals surface area contributed by atoms with Crippen LogP contribution in [0.3, 0.4) is 0 Å². The summed E-state index contributed by atoms with van der Waals surface area (Å²) < 4.78 is 0. The normalized spacial score (nSPS) is 20.4. The van der Waals surface area contributed by atoms with Gasteiger partial charge in [0.25, 0.3) is 0 Å². The third-order valence-corrected chi connectivity index (χ3v) is 3.77. The second kappa shape index (κ2) is 7.96. The van der Waals surface area contributed by atoms with Crippen LogP contribution in [0.5, 0.6) is 0 Å². The number of rotatable bonds is 6. The Bertz CT molecular complexity index is 528. The van der Waals surface area contributed by atoms with Crippen molar-refractivity contribution in [2.75, 3.05) is 20.7 Å². The molecule has 0 radical (unpaired) electrons. The lowest BCUT2D eigenvalue weighted by atomic mass is 10.1. The standard InChI is InChI=1S/C17H25N3O2/c1-20(2)11-15-6-4-3-5-14(15)10-18-17(22)19-16-8-7-13(9-16)12-21/h3-8,13,16,21H,9-12H2,1-2H3,(H2,18,19,22)/t13-,16+/m0/s1. The molecular weight excluding hydrogens is 278 g/mol. The summed E-state index contributed by atoms with van der Waals surface area (Å²) in [6, 6.07) is 7.96. The molecule has 1 aromatic rings. The zero-order valence-electron chi connectivity index (χ0n) is 13.2. The van der Waals surface area contributed by atoms with Gasteiger partial charge in [-0.2, -0.15) is 0 Å². The van der Waals surface area contributed by atoms with Crippen molar-refractivity contribution in [1.82, 2.24) is 15.5 Å². The summed E-state index contributed by atoms with van der Waals surface area (Å²) in [4.78, 5) is 14.1. The highest BCUT2D eigenvalue weighted by Gasteiger charge is 2.19. The second-order valence-corrected chi connectivity index (χ2v) is 6.00. The number of benzene rings is 1. The summed E-state index contributed by atoms with van der Waals surface area (Å²) in [5, 5.41) is 14.9. The second-order valence-electron chi connectivity index (χ2n) is 6.00. The van der Waals surface area contributed by atoms with Crippen LogP contribution >= 0.6 is 0 Å². The Balaban J connectivity index is 1.83. The summed E-state index contributed by atoms with van der Waals surface area (Å²) in [5.74, 6) is 0.158. The Kier molecular flexibility index (Phi) is 5.98. The van der Waals surface area contributed by atoms with Gasteiger partial charge in [-0.1, -0.05) is 36.4 Å². The van der Waals surface area contributed by atoms with E-state index in [0.717, 1.165) is 18.5 Å². The van der Waals surface area contributed by atoms with Crippen LogP contribution < -0.4 is 10.6 Å². The van der Waals surface area contributed by atoms with Gasteiger partial charge in [0.1, 0.15) is 0 Å². The predicted molar refractivity (Wildman–Crippen MR) is 87.3 cm³/mol.